The summed E-state index contributed by atoms with van der Waals surface area (Å²) >= 11 is 0. The summed E-state index contributed by atoms with van der Waals surface area (Å²) in [6.45, 7) is 3.20. The molecule has 3 nitrogen and oxygen atoms in total. The highest BCUT2D eigenvalue weighted by Crippen LogP contribution is 2.34. The SMILES string of the molecule is CCNC(c1cnn(-c2ccccc2)c1)C1CCCCC1. The summed E-state index contributed by atoms with van der Waals surface area (Å²) in [6.07, 6.45) is 11.1. The Hall–Kier alpha value is -1.61. The summed E-state index contributed by atoms with van der Waals surface area (Å²) in [5, 5.41) is 8.24. The molecule has 1 aliphatic carbocycles. The van der Waals surface area contributed by atoms with Crippen molar-refractivity contribution in [2.24, 2.45) is 5.92 Å². The summed E-state index contributed by atoms with van der Waals surface area (Å²) in [4.78, 5) is 0. The minimum absolute atomic E-state index is 0.452. The normalized spacial score (nSPS) is 17.8. The molecule has 2 aromatic rings. The van der Waals surface area contributed by atoms with E-state index in [-0.39, 0.29) is 0 Å². The van der Waals surface area contributed by atoms with Gasteiger partial charge < -0.3 is 5.32 Å². The second-order valence-corrected chi connectivity index (χ2v) is 5.99. The van der Waals surface area contributed by atoms with E-state index in [4.69, 9.17) is 0 Å². The van der Waals surface area contributed by atoms with E-state index in [0.29, 0.717) is 6.04 Å². The maximum Gasteiger partial charge on any atom is 0.0645 e. The van der Waals surface area contributed by atoms with E-state index in [2.05, 4.69) is 47.8 Å². The molecule has 1 unspecified atom stereocenters. The molecular weight excluding hydrogens is 258 g/mol. The monoisotopic (exact) mass is 283 g/mol. The van der Waals surface area contributed by atoms with Gasteiger partial charge in [0.15, 0.2) is 0 Å². The van der Waals surface area contributed by atoms with Crippen LogP contribution in [-0.2, 0) is 0 Å². The lowest BCUT2D eigenvalue weighted by atomic mass is 9.82. The van der Waals surface area contributed by atoms with Crippen LogP contribution < -0.4 is 5.32 Å². The van der Waals surface area contributed by atoms with Gasteiger partial charge in [-0.25, -0.2) is 4.68 Å². The van der Waals surface area contributed by atoms with E-state index in [1.54, 1.807) is 0 Å². The van der Waals surface area contributed by atoms with Gasteiger partial charge in [0.1, 0.15) is 0 Å². The fourth-order valence-corrected chi connectivity index (χ4v) is 3.46. The van der Waals surface area contributed by atoms with Crippen molar-refractivity contribution < 1.29 is 0 Å². The molecule has 1 fully saturated rings. The highest BCUT2D eigenvalue weighted by Gasteiger charge is 2.25. The third-order valence-electron chi connectivity index (χ3n) is 4.53. The van der Waals surface area contributed by atoms with E-state index in [0.717, 1.165) is 18.2 Å². The molecule has 1 aromatic heterocycles. The van der Waals surface area contributed by atoms with E-state index in [9.17, 15) is 0 Å². The molecule has 0 spiro atoms. The number of nitrogens with zero attached hydrogens (tertiary/aromatic N) is 2. The predicted octanol–water partition coefficient (Wildman–Crippen LogP) is 4.10. The first kappa shape index (κ1) is 14.3. The van der Waals surface area contributed by atoms with Crippen LogP contribution in [0.3, 0.4) is 0 Å². The molecule has 1 saturated carbocycles. The first-order chi connectivity index (χ1) is 10.4. The molecule has 112 valence electrons. The lowest BCUT2D eigenvalue weighted by Gasteiger charge is -2.30. The van der Waals surface area contributed by atoms with Crippen LogP contribution in [0.2, 0.25) is 0 Å². The van der Waals surface area contributed by atoms with Gasteiger partial charge in [0, 0.05) is 17.8 Å². The number of rotatable bonds is 5. The van der Waals surface area contributed by atoms with Gasteiger partial charge in [-0.3, -0.25) is 0 Å². The minimum Gasteiger partial charge on any atom is -0.310 e. The van der Waals surface area contributed by atoms with Crippen LogP contribution in [-0.4, -0.2) is 16.3 Å². The fourth-order valence-electron chi connectivity index (χ4n) is 3.46. The number of benzene rings is 1. The first-order valence-electron chi connectivity index (χ1n) is 8.22. The van der Waals surface area contributed by atoms with Crippen molar-refractivity contribution in [1.82, 2.24) is 15.1 Å². The Kier molecular flexibility index (Phi) is 4.71. The largest absolute Gasteiger partial charge is 0.310 e. The Morgan fingerprint density at radius 1 is 1.19 bits per heavy atom. The van der Waals surface area contributed by atoms with E-state index in [1.807, 2.05) is 16.9 Å². The minimum atomic E-state index is 0.452. The lowest BCUT2D eigenvalue weighted by molar-refractivity contribution is 0.274. The molecule has 3 rings (SSSR count). The molecule has 0 bridgehead atoms. The molecule has 3 heteroatoms. The molecule has 1 heterocycles. The maximum absolute atomic E-state index is 4.56. The summed E-state index contributed by atoms with van der Waals surface area (Å²) in [5.41, 5.74) is 2.45. The molecule has 0 aliphatic heterocycles. The fraction of sp³-hybridized carbons (Fsp3) is 0.500. The Bertz CT molecular complexity index is 541. The summed E-state index contributed by atoms with van der Waals surface area (Å²) in [6, 6.07) is 10.8. The molecule has 1 aliphatic rings. The van der Waals surface area contributed by atoms with Gasteiger partial charge in [-0.05, 0) is 37.4 Å². The van der Waals surface area contributed by atoms with E-state index >= 15 is 0 Å². The Morgan fingerprint density at radius 2 is 1.95 bits per heavy atom. The molecule has 21 heavy (non-hydrogen) atoms. The van der Waals surface area contributed by atoms with E-state index in [1.165, 1.54) is 37.7 Å². The highest BCUT2D eigenvalue weighted by molar-refractivity contribution is 5.31. The summed E-state index contributed by atoms with van der Waals surface area (Å²) < 4.78 is 1.99. The van der Waals surface area contributed by atoms with Crippen LogP contribution in [0, 0.1) is 5.92 Å². The van der Waals surface area contributed by atoms with Gasteiger partial charge in [0.2, 0.25) is 0 Å². The average Bonchev–Trinajstić information content (AvgIpc) is 3.04. The first-order valence-corrected chi connectivity index (χ1v) is 8.22. The van der Waals surface area contributed by atoms with Crippen molar-refractivity contribution in [3.8, 4) is 5.69 Å². The van der Waals surface area contributed by atoms with Crippen molar-refractivity contribution in [1.29, 1.82) is 0 Å². The van der Waals surface area contributed by atoms with Crippen molar-refractivity contribution in [3.05, 3.63) is 48.3 Å². The molecule has 0 saturated heterocycles. The number of nitrogens with one attached hydrogen (secondary N) is 1. The zero-order valence-corrected chi connectivity index (χ0v) is 12.8. The zero-order valence-electron chi connectivity index (χ0n) is 12.8. The van der Waals surface area contributed by atoms with Crippen LogP contribution in [0.15, 0.2) is 42.7 Å². The second kappa shape index (κ2) is 6.90. The van der Waals surface area contributed by atoms with Crippen LogP contribution in [0.1, 0.15) is 50.6 Å². The number of para-hydroxylation sites is 1. The molecule has 0 amide bonds. The lowest BCUT2D eigenvalue weighted by Crippen LogP contribution is -2.29. The van der Waals surface area contributed by atoms with Crippen molar-refractivity contribution in [2.45, 2.75) is 45.1 Å². The van der Waals surface area contributed by atoms with E-state index < -0.39 is 0 Å². The van der Waals surface area contributed by atoms with Gasteiger partial charge >= 0.3 is 0 Å². The molecule has 1 N–H and O–H groups in total. The third-order valence-corrected chi connectivity index (χ3v) is 4.53. The van der Waals surface area contributed by atoms with Crippen molar-refractivity contribution in [3.63, 3.8) is 0 Å². The molecule has 1 atom stereocenters. The van der Waals surface area contributed by atoms with Gasteiger partial charge in [-0.2, -0.15) is 5.10 Å². The summed E-state index contributed by atoms with van der Waals surface area (Å²) in [7, 11) is 0. The third kappa shape index (κ3) is 3.35. The number of hydrogen-bond donors (Lipinski definition) is 1. The highest BCUT2D eigenvalue weighted by atomic mass is 15.3. The Balaban J connectivity index is 1.81. The smallest absolute Gasteiger partial charge is 0.0645 e. The van der Waals surface area contributed by atoms with Crippen LogP contribution >= 0.6 is 0 Å². The van der Waals surface area contributed by atoms with Gasteiger partial charge in [-0.1, -0.05) is 44.4 Å². The molecular formula is C18H25N3. The van der Waals surface area contributed by atoms with Crippen molar-refractivity contribution in [2.75, 3.05) is 6.54 Å². The van der Waals surface area contributed by atoms with Crippen molar-refractivity contribution >= 4 is 0 Å². The predicted molar refractivity (Wildman–Crippen MR) is 86.6 cm³/mol. The average molecular weight is 283 g/mol. The second-order valence-electron chi connectivity index (χ2n) is 5.99. The Labute approximate surface area is 127 Å². The molecule has 0 radical (unpaired) electrons. The quantitative estimate of drug-likeness (QED) is 0.895. The van der Waals surface area contributed by atoms with Gasteiger partial charge in [0.25, 0.3) is 0 Å². The zero-order chi connectivity index (χ0) is 14.5. The maximum atomic E-state index is 4.56. The molecule has 1 aromatic carbocycles. The Morgan fingerprint density at radius 3 is 2.67 bits per heavy atom. The summed E-state index contributed by atoms with van der Waals surface area (Å²) in [5.74, 6) is 0.757. The van der Waals surface area contributed by atoms with Gasteiger partial charge in [0.05, 0.1) is 11.9 Å². The number of hydrogen-bond acceptors (Lipinski definition) is 2. The van der Waals surface area contributed by atoms with Crippen LogP contribution in [0.4, 0.5) is 0 Å². The standard InChI is InChI=1S/C18H25N3/c1-2-19-18(15-9-5-3-6-10-15)16-13-20-21(14-16)17-11-7-4-8-12-17/h4,7-8,11-15,18-19H,2-3,5-6,9-10H2,1H3. The topological polar surface area (TPSA) is 29.9 Å². The van der Waals surface area contributed by atoms with Crippen LogP contribution in [0.25, 0.3) is 5.69 Å². The van der Waals surface area contributed by atoms with Gasteiger partial charge in [-0.15, -0.1) is 0 Å². The van der Waals surface area contributed by atoms with Crippen LogP contribution in [0.5, 0.6) is 0 Å². The number of aromatic nitrogens is 2.